The van der Waals surface area contributed by atoms with Crippen molar-refractivity contribution in [2.75, 3.05) is 26.2 Å². The number of carbonyl (C=O) groups is 2. The van der Waals surface area contributed by atoms with E-state index in [1.165, 1.54) is 6.92 Å². The maximum atomic E-state index is 11.6. The first-order chi connectivity index (χ1) is 9.43. The summed E-state index contributed by atoms with van der Waals surface area (Å²) in [5.41, 5.74) is 0. The summed E-state index contributed by atoms with van der Waals surface area (Å²) in [4.78, 5) is 24.8. The van der Waals surface area contributed by atoms with Gasteiger partial charge in [0.1, 0.15) is 0 Å². The highest BCUT2D eigenvalue weighted by Crippen LogP contribution is 2.15. The number of piperidine rings is 1. The van der Waals surface area contributed by atoms with Gasteiger partial charge in [-0.3, -0.25) is 0 Å². The number of likely N-dealkylation sites (tertiary alicyclic amines) is 1. The number of hydrogen-bond acceptors (Lipinski definition) is 4. The van der Waals surface area contributed by atoms with Crippen LogP contribution in [-0.4, -0.2) is 65.4 Å². The van der Waals surface area contributed by atoms with Gasteiger partial charge >= 0.3 is 12.0 Å². The minimum atomic E-state index is -1.28. The van der Waals surface area contributed by atoms with Gasteiger partial charge < -0.3 is 25.7 Å². The van der Waals surface area contributed by atoms with E-state index < -0.39 is 24.1 Å². The molecule has 0 aromatic heterocycles. The van der Waals surface area contributed by atoms with E-state index >= 15 is 0 Å². The number of nitrogens with one attached hydrogen (secondary N) is 2. The molecule has 1 rings (SSSR count). The van der Waals surface area contributed by atoms with Crippen molar-refractivity contribution in [3.8, 4) is 0 Å². The van der Waals surface area contributed by atoms with Crippen LogP contribution in [0.15, 0.2) is 0 Å². The molecule has 0 aromatic rings. The van der Waals surface area contributed by atoms with Crippen LogP contribution in [0.5, 0.6) is 0 Å². The molecular formula is C13H25N3O4. The molecule has 7 nitrogen and oxygen atoms in total. The van der Waals surface area contributed by atoms with Crippen LogP contribution in [0, 0.1) is 5.92 Å². The van der Waals surface area contributed by atoms with Crippen molar-refractivity contribution >= 4 is 12.0 Å². The van der Waals surface area contributed by atoms with Gasteiger partial charge in [-0.25, -0.2) is 9.59 Å². The van der Waals surface area contributed by atoms with Gasteiger partial charge in [0.15, 0.2) is 6.04 Å². The molecule has 1 heterocycles. The number of hydrogen-bond donors (Lipinski definition) is 4. The monoisotopic (exact) mass is 287 g/mol. The summed E-state index contributed by atoms with van der Waals surface area (Å²) >= 11 is 0. The van der Waals surface area contributed by atoms with Crippen molar-refractivity contribution in [2.24, 2.45) is 5.92 Å². The third kappa shape index (κ3) is 5.34. The van der Waals surface area contributed by atoms with Crippen LogP contribution in [-0.2, 0) is 4.79 Å². The van der Waals surface area contributed by atoms with E-state index in [2.05, 4.69) is 22.5 Å². The van der Waals surface area contributed by atoms with Gasteiger partial charge in [-0.1, -0.05) is 6.92 Å². The molecule has 116 valence electrons. The van der Waals surface area contributed by atoms with Crippen molar-refractivity contribution < 1.29 is 19.8 Å². The largest absolute Gasteiger partial charge is 0.480 e. The summed E-state index contributed by atoms with van der Waals surface area (Å²) in [7, 11) is 0. The van der Waals surface area contributed by atoms with Crippen molar-refractivity contribution in [2.45, 2.75) is 38.8 Å². The second-order valence-electron chi connectivity index (χ2n) is 5.29. The molecule has 0 unspecified atom stereocenters. The van der Waals surface area contributed by atoms with Gasteiger partial charge in [-0.15, -0.1) is 0 Å². The molecule has 0 spiro atoms. The molecule has 1 aliphatic rings. The Balaban J connectivity index is 2.28. The number of nitrogens with zero attached hydrogens (tertiary/aromatic N) is 1. The highest BCUT2D eigenvalue weighted by atomic mass is 16.4. The van der Waals surface area contributed by atoms with Gasteiger partial charge in [0, 0.05) is 6.54 Å². The molecule has 0 bridgehead atoms. The molecule has 7 heteroatoms. The fourth-order valence-electron chi connectivity index (χ4n) is 2.32. The predicted octanol–water partition coefficient (Wildman–Crippen LogP) is -0.148. The van der Waals surface area contributed by atoms with Gasteiger partial charge in [0.2, 0.25) is 0 Å². The lowest BCUT2D eigenvalue weighted by Crippen LogP contribution is -2.52. The van der Waals surface area contributed by atoms with E-state index in [0.29, 0.717) is 12.5 Å². The van der Waals surface area contributed by atoms with Gasteiger partial charge in [0.05, 0.1) is 6.10 Å². The van der Waals surface area contributed by atoms with E-state index in [1.807, 2.05) is 0 Å². The van der Waals surface area contributed by atoms with E-state index in [1.54, 1.807) is 0 Å². The van der Waals surface area contributed by atoms with Gasteiger partial charge in [0.25, 0.3) is 0 Å². The molecule has 4 N–H and O–H groups in total. The molecular weight excluding hydrogens is 262 g/mol. The molecule has 2 atom stereocenters. The Bertz CT molecular complexity index is 328. The molecule has 1 saturated heterocycles. The lowest BCUT2D eigenvalue weighted by atomic mass is 9.97. The van der Waals surface area contributed by atoms with E-state index in [-0.39, 0.29) is 0 Å². The molecule has 0 saturated carbocycles. The highest BCUT2D eigenvalue weighted by Gasteiger charge is 2.25. The van der Waals surface area contributed by atoms with Crippen molar-refractivity contribution in [1.29, 1.82) is 0 Å². The average molecular weight is 287 g/mol. The smallest absolute Gasteiger partial charge is 0.328 e. The molecule has 1 aliphatic heterocycles. The number of rotatable bonds is 6. The number of aliphatic hydroxyl groups is 1. The van der Waals surface area contributed by atoms with Crippen LogP contribution in [0.2, 0.25) is 0 Å². The zero-order valence-electron chi connectivity index (χ0n) is 12.1. The standard InChI is InChI=1S/C13H25N3O4/c1-3-16-6-4-10(5-7-16)8-14-13(20)15-11(9(2)17)12(18)19/h9-11,17H,3-8H2,1-2H3,(H,18,19)(H2,14,15,20)/t9-,11+/m1/s1. The molecule has 0 radical (unpaired) electrons. The lowest BCUT2D eigenvalue weighted by Gasteiger charge is -2.31. The molecule has 2 amide bonds. The zero-order chi connectivity index (χ0) is 15.1. The van der Waals surface area contributed by atoms with Crippen LogP contribution in [0.4, 0.5) is 4.79 Å². The maximum absolute atomic E-state index is 11.6. The van der Waals surface area contributed by atoms with Crippen LogP contribution in [0.3, 0.4) is 0 Å². The second kappa shape index (κ2) is 8.06. The Morgan fingerprint density at radius 2 is 1.95 bits per heavy atom. The van der Waals surface area contributed by atoms with Crippen molar-refractivity contribution in [3.63, 3.8) is 0 Å². The zero-order valence-corrected chi connectivity index (χ0v) is 12.1. The number of carboxylic acids is 1. The predicted molar refractivity (Wildman–Crippen MR) is 74.5 cm³/mol. The minimum Gasteiger partial charge on any atom is -0.480 e. The molecule has 0 aromatic carbocycles. The summed E-state index contributed by atoms with van der Waals surface area (Å²) in [5.74, 6) is -0.815. The Labute approximate surface area is 119 Å². The minimum absolute atomic E-state index is 0.429. The van der Waals surface area contributed by atoms with Crippen molar-refractivity contribution in [1.82, 2.24) is 15.5 Å². The summed E-state index contributed by atoms with van der Waals surface area (Å²) < 4.78 is 0. The van der Waals surface area contributed by atoms with Crippen LogP contribution < -0.4 is 10.6 Å². The highest BCUT2D eigenvalue weighted by molar-refractivity contribution is 5.82. The summed E-state index contributed by atoms with van der Waals surface area (Å²) in [5, 5.41) is 23.1. The van der Waals surface area contributed by atoms with E-state index in [0.717, 1.165) is 32.5 Å². The number of carboxylic acid groups (broad SMARTS) is 1. The first-order valence-electron chi connectivity index (χ1n) is 7.11. The third-order valence-corrected chi connectivity index (χ3v) is 3.74. The second-order valence-corrected chi connectivity index (χ2v) is 5.29. The van der Waals surface area contributed by atoms with Crippen LogP contribution >= 0.6 is 0 Å². The summed E-state index contributed by atoms with van der Waals surface area (Å²) in [6.07, 6.45) is 0.936. The average Bonchev–Trinajstić information content (AvgIpc) is 2.42. The number of aliphatic carboxylic acids is 1. The SMILES string of the molecule is CCN1CCC(CNC(=O)N[C@H](C(=O)O)[C@@H](C)O)CC1. The Morgan fingerprint density at radius 3 is 2.40 bits per heavy atom. The number of carbonyl (C=O) groups excluding carboxylic acids is 1. The van der Waals surface area contributed by atoms with Gasteiger partial charge in [-0.2, -0.15) is 0 Å². The molecule has 0 aliphatic carbocycles. The van der Waals surface area contributed by atoms with Gasteiger partial charge in [-0.05, 0) is 45.3 Å². The Morgan fingerprint density at radius 1 is 1.35 bits per heavy atom. The fraction of sp³-hybridized carbons (Fsp3) is 0.846. The quantitative estimate of drug-likeness (QED) is 0.544. The first-order valence-corrected chi connectivity index (χ1v) is 7.11. The van der Waals surface area contributed by atoms with Crippen LogP contribution in [0.25, 0.3) is 0 Å². The molecule has 20 heavy (non-hydrogen) atoms. The van der Waals surface area contributed by atoms with E-state index in [9.17, 15) is 14.7 Å². The first kappa shape index (κ1) is 16.7. The Kier molecular flexibility index (Phi) is 6.74. The van der Waals surface area contributed by atoms with Crippen LogP contribution in [0.1, 0.15) is 26.7 Å². The third-order valence-electron chi connectivity index (χ3n) is 3.74. The lowest BCUT2D eigenvalue weighted by molar-refractivity contribution is -0.141. The van der Waals surface area contributed by atoms with E-state index in [4.69, 9.17) is 5.11 Å². The molecule has 1 fully saturated rings. The fourth-order valence-corrected chi connectivity index (χ4v) is 2.32. The topological polar surface area (TPSA) is 102 Å². The van der Waals surface area contributed by atoms with Crippen molar-refractivity contribution in [3.05, 3.63) is 0 Å². The normalized spacial score (nSPS) is 20.1. The Hall–Kier alpha value is -1.34. The number of amides is 2. The number of aliphatic hydroxyl groups excluding tert-OH is 1. The maximum Gasteiger partial charge on any atom is 0.328 e. The summed E-state index contributed by atoms with van der Waals surface area (Å²) in [6, 6.07) is -1.83. The summed E-state index contributed by atoms with van der Waals surface area (Å²) in [6.45, 7) is 7.13. The number of urea groups is 1.